The highest BCUT2D eigenvalue weighted by molar-refractivity contribution is 7.11. The van der Waals surface area contributed by atoms with Crippen molar-refractivity contribution in [3.63, 3.8) is 0 Å². The molecule has 1 heterocycles. The second kappa shape index (κ2) is 4.86. The molecule has 0 bridgehead atoms. The molecule has 0 fully saturated rings. The first kappa shape index (κ1) is 10.1. The Labute approximate surface area is 91.2 Å². The van der Waals surface area contributed by atoms with Crippen LogP contribution in [0.25, 0.3) is 0 Å². The zero-order valence-corrected chi connectivity index (χ0v) is 8.78. The van der Waals surface area contributed by atoms with Gasteiger partial charge in [-0.25, -0.2) is 0 Å². The lowest BCUT2D eigenvalue weighted by atomic mass is 10.1. The maximum atomic E-state index is 8.89. The lowest BCUT2D eigenvalue weighted by Crippen LogP contribution is -1.94. The summed E-state index contributed by atoms with van der Waals surface area (Å²) in [6, 6.07) is 7.58. The van der Waals surface area contributed by atoms with Gasteiger partial charge in [-0.3, -0.25) is 0 Å². The smallest absolute Gasteiger partial charge is 0.299 e. The number of hydrogen-bond acceptors (Lipinski definition) is 5. The molecule has 1 aromatic heterocycles. The Balaban J connectivity index is 2.20. The Kier molecular flexibility index (Phi) is 3.26. The van der Waals surface area contributed by atoms with E-state index >= 15 is 0 Å². The van der Waals surface area contributed by atoms with Crippen molar-refractivity contribution < 1.29 is 9.84 Å². The standard InChI is InChI=1S/C10H10N2O2S/c13-6-5-8-3-1-2-4-9(8)14-10-12-11-7-15-10/h1-4,7,13H,5-6H2. The van der Waals surface area contributed by atoms with Gasteiger partial charge in [-0.1, -0.05) is 34.6 Å². The Bertz CT molecular complexity index is 417. The van der Waals surface area contributed by atoms with E-state index in [4.69, 9.17) is 9.84 Å². The molecule has 1 aromatic carbocycles. The van der Waals surface area contributed by atoms with E-state index in [2.05, 4.69) is 10.2 Å². The molecule has 0 saturated carbocycles. The molecule has 0 aliphatic carbocycles. The van der Waals surface area contributed by atoms with Crippen molar-refractivity contribution >= 4 is 11.3 Å². The fourth-order valence-electron chi connectivity index (χ4n) is 1.23. The molecule has 0 aliphatic heterocycles. The third kappa shape index (κ3) is 2.51. The summed E-state index contributed by atoms with van der Waals surface area (Å²) >= 11 is 1.34. The molecule has 1 N–H and O–H groups in total. The lowest BCUT2D eigenvalue weighted by Gasteiger charge is -2.06. The summed E-state index contributed by atoms with van der Waals surface area (Å²) in [5.41, 5.74) is 2.58. The highest BCUT2D eigenvalue weighted by atomic mass is 32.1. The second-order valence-corrected chi connectivity index (χ2v) is 3.68. The van der Waals surface area contributed by atoms with E-state index < -0.39 is 0 Å². The zero-order chi connectivity index (χ0) is 10.5. The second-order valence-electron chi connectivity index (χ2n) is 2.89. The molecule has 15 heavy (non-hydrogen) atoms. The van der Waals surface area contributed by atoms with Crippen molar-refractivity contribution in [1.82, 2.24) is 10.2 Å². The first-order valence-corrected chi connectivity index (χ1v) is 5.41. The number of aliphatic hydroxyl groups excluding tert-OH is 1. The van der Waals surface area contributed by atoms with Crippen LogP contribution in [-0.2, 0) is 6.42 Å². The van der Waals surface area contributed by atoms with Crippen molar-refractivity contribution in [1.29, 1.82) is 0 Å². The van der Waals surface area contributed by atoms with Crippen molar-refractivity contribution in [2.45, 2.75) is 6.42 Å². The van der Waals surface area contributed by atoms with Crippen LogP contribution in [0.4, 0.5) is 0 Å². The number of rotatable bonds is 4. The van der Waals surface area contributed by atoms with Gasteiger partial charge in [-0.05, 0) is 18.1 Å². The number of aliphatic hydroxyl groups is 1. The largest absolute Gasteiger partial charge is 0.430 e. The summed E-state index contributed by atoms with van der Waals surface area (Å²) in [7, 11) is 0. The van der Waals surface area contributed by atoms with Gasteiger partial charge < -0.3 is 9.84 Å². The summed E-state index contributed by atoms with van der Waals surface area (Å²) in [5.74, 6) is 0.725. The fraction of sp³-hybridized carbons (Fsp3) is 0.200. The normalized spacial score (nSPS) is 10.2. The molecule has 2 rings (SSSR count). The molecule has 0 amide bonds. The molecular formula is C10H10N2O2S. The molecular weight excluding hydrogens is 212 g/mol. The zero-order valence-electron chi connectivity index (χ0n) is 7.96. The summed E-state index contributed by atoms with van der Waals surface area (Å²) in [5, 5.41) is 16.9. The molecule has 5 heteroatoms. The van der Waals surface area contributed by atoms with E-state index in [9.17, 15) is 0 Å². The van der Waals surface area contributed by atoms with Gasteiger partial charge >= 0.3 is 0 Å². The number of para-hydroxylation sites is 1. The number of nitrogens with zero attached hydrogens (tertiary/aromatic N) is 2. The Morgan fingerprint density at radius 1 is 1.33 bits per heavy atom. The highest BCUT2D eigenvalue weighted by Crippen LogP contribution is 2.25. The monoisotopic (exact) mass is 222 g/mol. The Morgan fingerprint density at radius 3 is 2.93 bits per heavy atom. The first-order chi connectivity index (χ1) is 7.40. The maximum Gasteiger partial charge on any atom is 0.299 e. The molecule has 78 valence electrons. The van der Waals surface area contributed by atoms with Gasteiger partial charge in [-0.15, -0.1) is 5.10 Å². The summed E-state index contributed by atoms with van der Waals surface area (Å²) in [4.78, 5) is 0. The van der Waals surface area contributed by atoms with Gasteiger partial charge in [0.05, 0.1) is 0 Å². The third-order valence-electron chi connectivity index (χ3n) is 1.89. The first-order valence-electron chi connectivity index (χ1n) is 4.53. The van der Waals surface area contributed by atoms with Crippen molar-refractivity contribution in [3.8, 4) is 10.9 Å². The van der Waals surface area contributed by atoms with Crippen molar-refractivity contribution in [2.24, 2.45) is 0 Å². The maximum absolute atomic E-state index is 8.89. The van der Waals surface area contributed by atoms with Gasteiger partial charge in [0.2, 0.25) is 0 Å². The van der Waals surface area contributed by atoms with Gasteiger partial charge in [0, 0.05) is 6.61 Å². The van der Waals surface area contributed by atoms with Crippen LogP contribution in [0.5, 0.6) is 10.9 Å². The SMILES string of the molecule is OCCc1ccccc1Oc1nncs1. The van der Waals surface area contributed by atoms with Crippen molar-refractivity contribution in [2.75, 3.05) is 6.61 Å². The van der Waals surface area contributed by atoms with Crippen molar-refractivity contribution in [3.05, 3.63) is 35.3 Å². The summed E-state index contributed by atoms with van der Waals surface area (Å²) < 4.78 is 5.54. The molecule has 0 atom stereocenters. The summed E-state index contributed by atoms with van der Waals surface area (Å²) in [6.07, 6.45) is 0.578. The van der Waals surface area contributed by atoms with E-state index in [-0.39, 0.29) is 6.61 Å². The molecule has 2 aromatic rings. The molecule has 0 unspecified atom stereocenters. The van der Waals surface area contributed by atoms with Crippen LogP contribution < -0.4 is 4.74 Å². The molecule has 0 spiro atoms. The average Bonchev–Trinajstić information content (AvgIpc) is 2.74. The number of hydrogen-bond donors (Lipinski definition) is 1. The van der Waals surface area contributed by atoms with Crippen LogP contribution in [0.2, 0.25) is 0 Å². The topological polar surface area (TPSA) is 55.2 Å². The van der Waals surface area contributed by atoms with Gasteiger partial charge in [0.1, 0.15) is 11.3 Å². The minimum atomic E-state index is 0.108. The Morgan fingerprint density at radius 2 is 2.20 bits per heavy atom. The van der Waals surface area contributed by atoms with Gasteiger partial charge in [-0.2, -0.15) is 0 Å². The predicted octanol–water partition coefficient (Wildman–Crippen LogP) is 1.87. The van der Waals surface area contributed by atoms with Crippen LogP contribution in [0.15, 0.2) is 29.8 Å². The quantitative estimate of drug-likeness (QED) is 0.858. The molecule has 0 aliphatic rings. The third-order valence-corrected chi connectivity index (χ3v) is 2.46. The lowest BCUT2D eigenvalue weighted by molar-refractivity contribution is 0.298. The predicted molar refractivity (Wildman–Crippen MR) is 57.2 cm³/mol. The van der Waals surface area contributed by atoms with E-state index in [0.717, 1.165) is 11.3 Å². The number of benzene rings is 1. The van der Waals surface area contributed by atoms with Crippen LogP contribution in [0.3, 0.4) is 0 Å². The average molecular weight is 222 g/mol. The van der Waals surface area contributed by atoms with Crippen LogP contribution in [0.1, 0.15) is 5.56 Å². The van der Waals surface area contributed by atoms with E-state index in [1.807, 2.05) is 24.3 Å². The van der Waals surface area contributed by atoms with E-state index in [1.165, 1.54) is 11.3 Å². The van der Waals surface area contributed by atoms with Gasteiger partial charge in [0.25, 0.3) is 5.19 Å². The highest BCUT2D eigenvalue weighted by Gasteiger charge is 2.05. The van der Waals surface area contributed by atoms with Crippen LogP contribution in [0, 0.1) is 0 Å². The Hall–Kier alpha value is -1.46. The number of aromatic nitrogens is 2. The van der Waals surface area contributed by atoms with E-state index in [0.29, 0.717) is 11.6 Å². The van der Waals surface area contributed by atoms with Crippen LogP contribution in [-0.4, -0.2) is 21.9 Å². The minimum Gasteiger partial charge on any atom is -0.430 e. The molecule has 0 radical (unpaired) electrons. The summed E-state index contributed by atoms with van der Waals surface area (Å²) in [6.45, 7) is 0.108. The fourth-order valence-corrected chi connectivity index (χ4v) is 1.65. The molecule has 0 saturated heterocycles. The number of ether oxygens (including phenoxy) is 1. The molecule has 4 nitrogen and oxygen atoms in total. The van der Waals surface area contributed by atoms with E-state index in [1.54, 1.807) is 5.51 Å². The van der Waals surface area contributed by atoms with Gasteiger partial charge in [0.15, 0.2) is 0 Å². The van der Waals surface area contributed by atoms with Crippen LogP contribution >= 0.6 is 11.3 Å². The minimum absolute atomic E-state index is 0.108.